The summed E-state index contributed by atoms with van der Waals surface area (Å²) in [6.07, 6.45) is 6.33. The molecule has 0 N–H and O–H groups in total. The second kappa shape index (κ2) is 8.57. The number of rotatable bonds is 8. The average molecular weight is 335 g/mol. The Hall–Kier alpha value is -1.03. The lowest BCUT2D eigenvalue weighted by Crippen LogP contribution is -2.48. The lowest BCUT2D eigenvalue weighted by Gasteiger charge is -2.32. The van der Waals surface area contributed by atoms with E-state index >= 15 is 0 Å². The molecule has 6 heteroatoms. The molecule has 1 aliphatic rings. The summed E-state index contributed by atoms with van der Waals surface area (Å²) in [5.74, 6) is 1.91. The summed E-state index contributed by atoms with van der Waals surface area (Å²) in [4.78, 5) is 8.74. The highest BCUT2D eigenvalue weighted by atomic mass is 15.4. The number of likely N-dealkylation sites (N-methyl/N-ethyl adjacent to an activating group) is 1. The van der Waals surface area contributed by atoms with Crippen LogP contribution in [-0.4, -0.2) is 53.2 Å². The molecule has 0 saturated carbocycles. The van der Waals surface area contributed by atoms with E-state index in [0.29, 0.717) is 23.3 Å². The van der Waals surface area contributed by atoms with E-state index in [0.717, 1.165) is 12.1 Å². The molecule has 0 aromatic heterocycles. The molecule has 25 heavy (non-hydrogen) atoms. The van der Waals surface area contributed by atoms with Gasteiger partial charge in [-0.3, -0.25) is 0 Å². The first-order valence-corrected chi connectivity index (χ1v) is 9.16. The summed E-state index contributed by atoms with van der Waals surface area (Å²) in [6, 6.07) is 0. The van der Waals surface area contributed by atoms with Crippen LogP contribution in [-0.2, 0) is 0 Å². The predicted octanol–water partition coefficient (Wildman–Crippen LogP) is 3.92. The summed E-state index contributed by atoms with van der Waals surface area (Å²) in [5, 5.41) is 0.173. The van der Waals surface area contributed by atoms with Gasteiger partial charge in [0.15, 0.2) is 0 Å². The number of aliphatic imine (C=N–C) groups is 2. The number of hydrogen-bond donors (Lipinski definition) is 0. The molecule has 0 fully saturated rings. The third-order valence-electron chi connectivity index (χ3n) is 5.10. The van der Waals surface area contributed by atoms with Gasteiger partial charge >= 0.3 is 7.98 Å². The summed E-state index contributed by atoms with van der Waals surface area (Å²) in [7, 11) is 18.2. The second-order valence-electron chi connectivity index (χ2n) is 8.18. The number of nitrogens with zero attached hydrogens (tertiary/aromatic N) is 3. The highest BCUT2D eigenvalue weighted by Gasteiger charge is 2.37. The molecule has 0 spiro atoms. The van der Waals surface area contributed by atoms with Gasteiger partial charge < -0.3 is 4.39 Å². The smallest absolute Gasteiger partial charge is 0.313 e. The molecule has 0 bridgehead atoms. The van der Waals surface area contributed by atoms with Crippen LogP contribution in [0.25, 0.3) is 0 Å². The van der Waals surface area contributed by atoms with Crippen molar-refractivity contribution in [1.82, 2.24) is 0 Å². The Balaban J connectivity index is 2.98. The fourth-order valence-corrected chi connectivity index (χ4v) is 3.63. The summed E-state index contributed by atoms with van der Waals surface area (Å²) < 4.78 is -0.0894. The number of amidine groups is 2. The fourth-order valence-electron chi connectivity index (χ4n) is 3.63. The molecule has 0 aliphatic carbocycles. The van der Waals surface area contributed by atoms with Gasteiger partial charge in [0.25, 0.3) is 0 Å². The van der Waals surface area contributed by atoms with E-state index in [-0.39, 0.29) is 15.6 Å². The molecule has 0 saturated heterocycles. The van der Waals surface area contributed by atoms with Crippen LogP contribution >= 0.6 is 0 Å². The van der Waals surface area contributed by atoms with Crippen LogP contribution in [0.1, 0.15) is 47.5 Å². The zero-order valence-corrected chi connectivity index (χ0v) is 17.1. The van der Waals surface area contributed by atoms with Crippen LogP contribution in [0.3, 0.4) is 0 Å². The Morgan fingerprint density at radius 3 is 2.48 bits per heavy atom. The number of hydrogen-bond acceptors (Lipinski definition) is 2. The van der Waals surface area contributed by atoms with Gasteiger partial charge in [-0.05, 0) is 17.9 Å². The van der Waals surface area contributed by atoms with Crippen molar-refractivity contribution in [3.63, 3.8) is 0 Å². The van der Waals surface area contributed by atoms with Gasteiger partial charge in [-0.15, -0.1) is 6.58 Å². The van der Waals surface area contributed by atoms with Crippen LogP contribution in [0.4, 0.5) is 0 Å². The first-order valence-electron chi connectivity index (χ1n) is 9.16. The van der Waals surface area contributed by atoms with Crippen molar-refractivity contribution in [2.75, 3.05) is 14.1 Å². The average Bonchev–Trinajstić information content (AvgIpc) is 2.72. The fraction of sp³-hybridized carbons (Fsp3) is 0.684. The van der Waals surface area contributed by atoms with E-state index in [2.05, 4.69) is 64.5 Å². The Morgan fingerprint density at radius 1 is 1.40 bits per heavy atom. The Kier molecular flexibility index (Phi) is 7.55. The van der Waals surface area contributed by atoms with Gasteiger partial charge in [-0.2, -0.15) is 0 Å². The van der Waals surface area contributed by atoms with Crippen LogP contribution in [0.5, 0.6) is 0 Å². The van der Waals surface area contributed by atoms with Crippen molar-refractivity contribution >= 4 is 34.7 Å². The molecule has 5 radical (unpaired) electrons. The normalized spacial score (nSPS) is 27.9. The standard InChI is InChI=1S/C19H32B3N3/c1-9-14(4)22-19(5,6)12-13(3)15(10-2)11-16-17(23-7)25(8,21)18(20)24-16/h10-11,13-15H,2,9,12H2,1,3-8H3/q+1. The first kappa shape index (κ1) is 22.0. The maximum absolute atomic E-state index is 6.21. The largest absolute Gasteiger partial charge is 0.494 e. The van der Waals surface area contributed by atoms with Crippen molar-refractivity contribution in [3.05, 3.63) is 24.4 Å². The quantitative estimate of drug-likeness (QED) is 0.475. The zero-order valence-electron chi connectivity index (χ0n) is 17.1. The maximum atomic E-state index is 6.21. The van der Waals surface area contributed by atoms with Crippen molar-refractivity contribution in [3.8, 4) is 0 Å². The highest BCUT2D eigenvalue weighted by Crippen LogP contribution is 2.39. The molecule has 131 valence electrons. The van der Waals surface area contributed by atoms with E-state index < -0.39 is 0 Å². The molecule has 4 atom stereocenters. The summed E-state index contributed by atoms with van der Waals surface area (Å²) in [6.45, 7) is 15.4. The minimum atomic E-state index is -0.0894. The van der Waals surface area contributed by atoms with Crippen molar-refractivity contribution in [2.45, 2.75) is 58.6 Å². The first-order chi connectivity index (χ1) is 11.5. The minimum absolute atomic E-state index is 0.0894. The molecule has 0 aromatic rings. The highest BCUT2D eigenvalue weighted by molar-refractivity contribution is 6.60. The zero-order chi connectivity index (χ0) is 19.4. The second-order valence-corrected chi connectivity index (χ2v) is 8.18. The third-order valence-corrected chi connectivity index (χ3v) is 5.10. The van der Waals surface area contributed by atoms with E-state index in [1.807, 2.05) is 6.08 Å². The van der Waals surface area contributed by atoms with Crippen LogP contribution in [0.2, 0.25) is 11.1 Å². The summed E-state index contributed by atoms with van der Waals surface area (Å²) in [5.41, 5.74) is 1.11. The predicted molar refractivity (Wildman–Crippen MR) is 114 cm³/mol. The molecular weight excluding hydrogens is 303 g/mol. The van der Waals surface area contributed by atoms with Gasteiger partial charge in [0.05, 0.1) is 7.05 Å². The third kappa shape index (κ3) is 5.47. The van der Waals surface area contributed by atoms with E-state index in [4.69, 9.17) is 15.8 Å². The Bertz CT molecular complexity index is 576. The van der Waals surface area contributed by atoms with Gasteiger partial charge in [-0.1, -0.05) is 64.7 Å². The van der Waals surface area contributed by atoms with E-state index in [1.165, 1.54) is 6.42 Å². The topological polar surface area (TPSA) is 24.7 Å². The molecule has 3 nitrogen and oxygen atoms in total. The van der Waals surface area contributed by atoms with Crippen LogP contribution < -0.4 is 0 Å². The number of allylic oxidation sites excluding steroid dienone is 2. The molecule has 0 amide bonds. The van der Waals surface area contributed by atoms with Crippen LogP contribution in [0, 0.1) is 11.8 Å². The molecule has 4 unspecified atom stereocenters. The van der Waals surface area contributed by atoms with Crippen molar-refractivity contribution < 1.29 is 4.39 Å². The maximum Gasteiger partial charge on any atom is 0.494 e. The number of quaternary nitrogens is 1. The van der Waals surface area contributed by atoms with E-state index in [9.17, 15) is 0 Å². The molecular formula is C19H32B3N3+. The minimum Gasteiger partial charge on any atom is -0.313 e. The molecule has 1 heterocycles. The Labute approximate surface area is 158 Å². The lowest BCUT2D eigenvalue weighted by molar-refractivity contribution is -0.578. The van der Waals surface area contributed by atoms with Gasteiger partial charge in [0, 0.05) is 7.05 Å². The Morgan fingerprint density at radius 2 is 2.00 bits per heavy atom. The SMILES string of the molecule is [B]C1=NC(=CC(C=C)C(C)CC(C)(C)[B]C(C)CC)C(=NC)[N+]1([B])C. The van der Waals surface area contributed by atoms with Crippen molar-refractivity contribution in [1.29, 1.82) is 0 Å². The van der Waals surface area contributed by atoms with Crippen molar-refractivity contribution in [2.24, 2.45) is 21.8 Å². The lowest BCUT2D eigenvalue weighted by atomic mass is 9.45. The van der Waals surface area contributed by atoms with E-state index in [1.54, 1.807) is 14.1 Å². The molecule has 0 aromatic carbocycles. The van der Waals surface area contributed by atoms with Crippen LogP contribution in [0.15, 0.2) is 34.4 Å². The van der Waals surface area contributed by atoms with Gasteiger partial charge in [-0.25, -0.2) is 9.98 Å². The molecule has 1 aliphatic heterocycles. The monoisotopic (exact) mass is 335 g/mol. The summed E-state index contributed by atoms with van der Waals surface area (Å²) >= 11 is 0. The van der Waals surface area contributed by atoms with Gasteiger partial charge in [0.2, 0.25) is 13.7 Å². The molecule has 1 rings (SSSR count). The van der Waals surface area contributed by atoms with Gasteiger partial charge in [0.1, 0.15) is 18.7 Å².